The second kappa shape index (κ2) is 6.48. The summed E-state index contributed by atoms with van der Waals surface area (Å²) in [5.41, 5.74) is 0. The Balaban J connectivity index is 2.06. The highest BCUT2D eigenvalue weighted by Crippen LogP contribution is 2.38. The smallest absolute Gasteiger partial charge is 0.209 e. The number of sulfonamides is 1. The summed E-state index contributed by atoms with van der Waals surface area (Å²) >= 11 is 2.78. The van der Waals surface area contributed by atoms with Crippen molar-refractivity contribution in [3.05, 3.63) is 17.0 Å². The van der Waals surface area contributed by atoms with E-state index in [2.05, 4.69) is 11.0 Å². The molecule has 0 unspecified atom stereocenters. The summed E-state index contributed by atoms with van der Waals surface area (Å²) in [4.78, 5) is 0.419. The summed E-state index contributed by atoms with van der Waals surface area (Å²) in [6, 6.07) is 5.01. The van der Waals surface area contributed by atoms with Gasteiger partial charge in [0.25, 0.3) is 0 Å². The molecular formula is C13H18N2O2S3. The Hall–Kier alpha value is -0.550. The summed E-state index contributed by atoms with van der Waals surface area (Å²) in [6.07, 6.45) is 7.75. The Labute approximate surface area is 128 Å². The van der Waals surface area contributed by atoms with Crippen LogP contribution in [0.15, 0.2) is 16.3 Å². The van der Waals surface area contributed by atoms with Crippen molar-refractivity contribution in [2.24, 2.45) is 0 Å². The summed E-state index contributed by atoms with van der Waals surface area (Å²) in [5.74, 6) is 0. The van der Waals surface area contributed by atoms with E-state index in [1.807, 2.05) is 6.07 Å². The van der Waals surface area contributed by atoms with Crippen LogP contribution in [0.1, 0.15) is 37.0 Å². The van der Waals surface area contributed by atoms with Gasteiger partial charge in [-0.05, 0) is 31.2 Å². The molecule has 1 aromatic rings. The minimum Gasteiger partial charge on any atom is -0.209 e. The Morgan fingerprint density at radius 3 is 2.65 bits per heavy atom. The fourth-order valence-corrected chi connectivity index (χ4v) is 5.75. The van der Waals surface area contributed by atoms with Crippen molar-refractivity contribution in [1.29, 1.82) is 5.26 Å². The highest BCUT2D eigenvalue weighted by Gasteiger charge is 2.32. The SMILES string of the molecule is CSC1(CNS(=O)(=O)c2ccc(C#N)s2)CCCCC1. The van der Waals surface area contributed by atoms with Gasteiger partial charge in [0.05, 0.1) is 0 Å². The third kappa shape index (κ3) is 3.55. The summed E-state index contributed by atoms with van der Waals surface area (Å²) in [6.45, 7) is 0.469. The van der Waals surface area contributed by atoms with Gasteiger partial charge in [0, 0.05) is 11.3 Å². The maximum absolute atomic E-state index is 12.2. The molecule has 110 valence electrons. The van der Waals surface area contributed by atoms with Gasteiger partial charge >= 0.3 is 0 Å². The molecule has 1 fully saturated rings. The zero-order valence-electron chi connectivity index (χ0n) is 11.4. The first-order valence-corrected chi connectivity index (χ1v) is 10.1. The van der Waals surface area contributed by atoms with Crippen LogP contribution >= 0.6 is 23.1 Å². The summed E-state index contributed by atoms with van der Waals surface area (Å²) in [7, 11) is -3.49. The van der Waals surface area contributed by atoms with Crippen molar-refractivity contribution in [3.63, 3.8) is 0 Å². The van der Waals surface area contributed by atoms with Crippen molar-refractivity contribution in [2.75, 3.05) is 12.8 Å². The van der Waals surface area contributed by atoms with Crippen LogP contribution in [0.25, 0.3) is 0 Å². The molecule has 0 spiro atoms. The predicted molar refractivity (Wildman–Crippen MR) is 83.6 cm³/mol. The Kier molecular flexibility index (Phi) is 5.13. The molecule has 0 saturated heterocycles. The topological polar surface area (TPSA) is 70.0 Å². The Morgan fingerprint density at radius 1 is 1.40 bits per heavy atom. The summed E-state index contributed by atoms with van der Waals surface area (Å²) in [5, 5.41) is 8.77. The van der Waals surface area contributed by atoms with Crippen LogP contribution < -0.4 is 4.72 Å². The van der Waals surface area contributed by atoms with Crippen LogP contribution in [0.5, 0.6) is 0 Å². The highest BCUT2D eigenvalue weighted by atomic mass is 32.2. The molecule has 0 amide bonds. The average Bonchev–Trinajstić information content (AvgIpc) is 2.96. The fourth-order valence-electron chi connectivity index (χ4n) is 2.47. The Morgan fingerprint density at radius 2 is 2.10 bits per heavy atom. The van der Waals surface area contributed by atoms with E-state index in [1.165, 1.54) is 25.3 Å². The zero-order chi connectivity index (χ0) is 14.6. The van der Waals surface area contributed by atoms with E-state index in [4.69, 9.17) is 5.26 Å². The molecule has 7 heteroatoms. The monoisotopic (exact) mass is 330 g/mol. The summed E-state index contributed by atoms with van der Waals surface area (Å²) < 4.78 is 27.5. The van der Waals surface area contributed by atoms with Gasteiger partial charge in [-0.15, -0.1) is 11.3 Å². The van der Waals surface area contributed by atoms with Crippen LogP contribution in [0.2, 0.25) is 0 Å². The molecule has 0 bridgehead atoms. The van der Waals surface area contributed by atoms with Gasteiger partial charge < -0.3 is 0 Å². The van der Waals surface area contributed by atoms with E-state index >= 15 is 0 Å². The highest BCUT2D eigenvalue weighted by molar-refractivity contribution is 8.00. The molecule has 2 rings (SSSR count). The molecule has 1 aliphatic rings. The molecule has 0 radical (unpaired) electrons. The van der Waals surface area contributed by atoms with Crippen LogP contribution in [-0.4, -0.2) is 26.0 Å². The average molecular weight is 331 g/mol. The molecule has 1 N–H and O–H groups in total. The minimum atomic E-state index is -3.49. The number of thioether (sulfide) groups is 1. The Bertz CT molecular complexity index is 595. The third-order valence-corrected chi connectivity index (χ3v) is 8.04. The van der Waals surface area contributed by atoms with E-state index in [9.17, 15) is 8.42 Å². The quantitative estimate of drug-likeness (QED) is 0.901. The maximum Gasteiger partial charge on any atom is 0.250 e. The third-order valence-electron chi connectivity index (χ3n) is 3.74. The first-order chi connectivity index (χ1) is 9.51. The molecule has 0 aromatic carbocycles. The molecule has 0 aliphatic heterocycles. The van der Waals surface area contributed by atoms with Crippen molar-refractivity contribution >= 4 is 33.1 Å². The molecule has 4 nitrogen and oxygen atoms in total. The minimum absolute atomic E-state index is 0.0284. The lowest BCUT2D eigenvalue weighted by atomic mass is 9.88. The lowest BCUT2D eigenvalue weighted by Crippen LogP contribution is -2.41. The van der Waals surface area contributed by atoms with Crippen LogP contribution in [-0.2, 0) is 10.0 Å². The van der Waals surface area contributed by atoms with E-state index in [1.54, 1.807) is 17.8 Å². The van der Waals surface area contributed by atoms with Crippen LogP contribution in [0.3, 0.4) is 0 Å². The fraction of sp³-hybridized carbons (Fsp3) is 0.615. The number of rotatable bonds is 5. The van der Waals surface area contributed by atoms with E-state index in [0.29, 0.717) is 11.4 Å². The number of hydrogen-bond acceptors (Lipinski definition) is 5. The van der Waals surface area contributed by atoms with Crippen molar-refractivity contribution in [3.8, 4) is 6.07 Å². The van der Waals surface area contributed by atoms with Gasteiger partial charge in [0.15, 0.2) is 0 Å². The standard InChI is InChI=1S/C13H18N2O2S3/c1-18-13(7-3-2-4-8-13)10-15-20(16,17)12-6-5-11(9-14)19-12/h5-6,15H,2-4,7-8,10H2,1H3. The van der Waals surface area contributed by atoms with Gasteiger partial charge in [-0.1, -0.05) is 19.3 Å². The molecule has 0 atom stereocenters. The van der Waals surface area contributed by atoms with Gasteiger partial charge in [0.2, 0.25) is 10.0 Å². The van der Waals surface area contributed by atoms with Crippen LogP contribution in [0, 0.1) is 11.3 Å². The molecular weight excluding hydrogens is 312 g/mol. The first-order valence-electron chi connectivity index (χ1n) is 6.56. The second-order valence-corrected chi connectivity index (χ2v) is 9.35. The predicted octanol–water partition coefficient (Wildman–Crippen LogP) is 2.96. The van der Waals surface area contributed by atoms with Crippen molar-refractivity contribution < 1.29 is 8.42 Å². The van der Waals surface area contributed by atoms with Gasteiger partial charge in [-0.3, -0.25) is 0 Å². The lowest BCUT2D eigenvalue weighted by molar-refractivity contribution is 0.395. The molecule has 20 heavy (non-hydrogen) atoms. The normalized spacial score (nSPS) is 18.6. The van der Waals surface area contributed by atoms with Crippen LogP contribution in [0.4, 0.5) is 0 Å². The van der Waals surface area contributed by atoms with Gasteiger partial charge in [-0.2, -0.15) is 17.0 Å². The van der Waals surface area contributed by atoms with E-state index < -0.39 is 10.0 Å². The number of nitriles is 1. The van der Waals surface area contributed by atoms with Crippen molar-refractivity contribution in [2.45, 2.75) is 41.1 Å². The number of nitrogens with one attached hydrogen (secondary N) is 1. The number of thiophene rings is 1. The van der Waals surface area contributed by atoms with Crippen molar-refractivity contribution in [1.82, 2.24) is 4.72 Å². The van der Waals surface area contributed by atoms with E-state index in [-0.39, 0.29) is 8.96 Å². The molecule has 1 aliphatic carbocycles. The number of nitrogens with zero attached hydrogens (tertiary/aromatic N) is 1. The van der Waals surface area contributed by atoms with E-state index in [0.717, 1.165) is 24.2 Å². The zero-order valence-corrected chi connectivity index (χ0v) is 13.8. The molecule has 1 saturated carbocycles. The molecule has 1 heterocycles. The number of hydrogen-bond donors (Lipinski definition) is 1. The maximum atomic E-state index is 12.2. The first kappa shape index (κ1) is 15.8. The largest absolute Gasteiger partial charge is 0.250 e. The second-order valence-electron chi connectivity index (χ2n) is 5.00. The van der Waals surface area contributed by atoms with Gasteiger partial charge in [0.1, 0.15) is 15.2 Å². The molecule has 1 aromatic heterocycles. The van der Waals surface area contributed by atoms with Gasteiger partial charge in [-0.25, -0.2) is 13.1 Å². The lowest BCUT2D eigenvalue weighted by Gasteiger charge is -2.35.